The molecule has 0 N–H and O–H groups in total. The fourth-order valence-corrected chi connectivity index (χ4v) is 5.84. The Morgan fingerprint density at radius 2 is 1.48 bits per heavy atom. The zero-order valence-electron chi connectivity index (χ0n) is 24.5. The van der Waals surface area contributed by atoms with Gasteiger partial charge in [0.05, 0.1) is 13.2 Å². The van der Waals surface area contributed by atoms with Crippen molar-refractivity contribution in [3.05, 3.63) is 120 Å². The van der Waals surface area contributed by atoms with E-state index in [1.807, 2.05) is 53.4 Å². The highest BCUT2D eigenvalue weighted by Crippen LogP contribution is 2.25. The van der Waals surface area contributed by atoms with E-state index in [2.05, 4.69) is 59.3 Å². The lowest BCUT2D eigenvalue weighted by atomic mass is 9.94. The van der Waals surface area contributed by atoms with E-state index in [1.165, 1.54) is 12.0 Å². The second-order valence-corrected chi connectivity index (χ2v) is 11.1. The van der Waals surface area contributed by atoms with Crippen molar-refractivity contribution >= 4 is 11.8 Å². The maximum atomic E-state index is 14.1. The second-order valence-electron chi connectivity index (χ2n) is 11.1. The summed E-state index contributed by atoms with van der Waals surface area (Å²) >= 11 is 0. The Kier molecular flexibility index (Phi) is 10.2. The van der Waals surface area contributed by atoms with Crippen molar-refractivity contribution in [1.29, 1.82) is 0 Å². The quantitative estimate of drug-likeness (QED) is 0.194. The molecule has 0 bridgehead atoms. The van der Waals surface area contributed by atoms with Crippen molar-refractivity contribution < 1.29 is 14.3 Å². The number of rotatable bonds is 12. The summed E-state index contributed by atoms with van der Waals surface area (Å²) in [5, 5.41) is 0. The first-order valence-corrected chi connectivity index (χ1v) is 15.0. The van der Waals surface area contributed by atoms with Crippen LogP contribution in [0.3, 0.4) is 0 Å². The predicted molar refractivity (Wildman–Crippen MR) is 167 cm³/mol. The summed E-state index contributed by atoms with van der Waals surface area (Å²) in [4.78, 5) is 31.4. The van der Waals surface area contributed by atoms with Crippen molar-refractivity contribution in [3.8, 4) is 11.1 Å². The van der Waals surface area contributed by atoms with Crippen molar-refractivity contribution in [1.82, 2.24) is 14.4 Å². The van der Waals surface area contributed by atoms with E-state index in [0.717, 1.165) is 49.0 Å². The first-order chi connectivity index (χ1) is 20.6. The van der Waals surface area contributed by atoms with Gasteiger partial charge in [0.25, 0.3) is 5.91 Å². The molecule has 1 aromatic heterocycles. The van der Waals surface area contributed by atoms with Gasteiger partial charge in [-0.05, 0) is 53.8 Å². The topological polar surface area (TPSA) is 54.8 Å². The number of nitrogens with zero attached hydrogens (tertiary/aromatic N) is 3. The van der Waals surface area contributed by atoms with Gasteiger partial charge in [-0.15, -0.1) is 0 Å². The minimum atomic E-state index is -0.156. The third-order valence-electron chi connectivity index (χ3n) is 8.21. The van der Waals surface area contributed by atoms with Gasteiger partial charge >= 0.3 is 0 Å². The van der Waals surface area contributed by atoms with E-state index in [9.17, 15) is 9.59 Å². The Bertz CT molecular complexity index is 1410. The van der Waals surface area contributed by atoms with Crippen LogP contribution in [-0.4, -0.2) is 59.0 Å². The molecule has 6 heteroatoms. The molecule has 1 heterocycles. The molecule has 2 amide bonds. The van der Waals surface area contributed by atoms with Crippen LogP contribution in [0.1, 0.15) is 53.7 Å². The molecular weight excluding hydrogens is 522 g/mol. The van der Waals surface area contributed by atoms with Gasteiger partial charge < -0.3 is 19.1 Å². The molecule has 0 unspecified atom stereocenters. The number of carbonyl (C=O) groups excluding carboxylic acids is 2. The van der Waals surface area contributed by atoms with Gasteiger partial charge in [0, 0.05) is 43.7 Å². The van der Waals surface area contributed by atoms with E-state index in [4.69, 9.17) is 4.74 Å². The number of benzene rings is 3. The molecule has 5 rings (SSSR count). The molecule has 0 radical (unpaired) electrons. The zero-order chi connectivity index (χ0) is 29.1. The van der Waals surface area contributed by atoms with Crippen LogP contribution in [0.2, 0.25) is 0 Å². The summed E-state index contributed by atoms with van der Waals surface area (Å²) in [6.07, 6.45) is 7.54. The van der Waals surface area contributed by atoms with Gasteiger partial charge in [0.2, 0.25) is 5.91 Å². The molecule has 1 saturated carbocycles. The van der Waals surface area contributed by atoms with Crippen LogP contribution in [0.5, 0.6) is 0 Å². The van der Waals surface area contributed by atoms with Gasteiger partial charge in [-0.25, -0.2) is 0 Å². The van der Waals surface area contributed by atoms with Gasteiger partial charge in [0.15, 0.2) is 0 Å². The van der Waals surface area contributed by atoms with Gasteiger partial charge in [-0.2, -0.15) is 0 Å². The lowest BCUT2D eigenvalue weighted by Gasteiger charge is -2.36. The molecule has 0 atom stereocenters. The molecule has 42 heavy (non-hydrogen) atoms. The van der Waals surface area contributed by atoms with Crippen LogP contribution in [0.25, 0.3) is 11.1 Å². The molecule has 4 aromatic rings. The maximum Gasteiger partial charge on any atom is 0.254 e. The van der Waals surface area contributed by atoms with Crippen LogP contribution in [0.15, 0.2) is 103 Å². The Hall–Kier alpha value is -4.16. The standard InChI is InChI=1S/C36H41N3O3/c1-42-25-24-38(36(41)32-21-19-31(20-22-32)30-14-7-3-8-15-30)28-35(40)39(33-16-9-4-10-17-33)27-34-18-11-23-37(34)26-29-12-5-2-6-13-29/h2-3,5-8,11-15,18-23,33H,4,9-10,16-17,24-28H2,1H3. The van der Waals surface area contributed by atoms with Crippen molar-refractivity contribution in [2.24, 2.45) is 0 Å². The first kappa shape index (κ1) is 29.3. The largest absolute Gasteiger partial charge is 0.383 e. The molecule has 1 aliphatic carbocycles. The van der Waals surface area contributed by atoms with Gasteiger partial charge in [-0.3, -0.25) is 9.59 Å². The number of ether oxygens (including phenoxy) is 1. The van der Waals surface area contributed by atoms with Crippen molar-refractivity contribution in [2.75, 3.05) is 26.8 Å². The predicted octanol–water partition coefficient (Wildman–Crippen LogP) is 6.65. The summed E-state index contributed by atoms with van der Waals surface area (Å²) in [6, 6.07) is 32.4. The van der Waals surface area contributed by atoms with Crippen LogP contribution in [0.4, 0.5) is 0 Å². The Morgan fingerprint density at radius 3 is 2.17 bits per heavy atom. The monoisotopic (exact) mass is 563 g/mol. The second kappa shape index (κ2) is 14.6. The van der Waals surface area contributed by atoms with E-state index < -0.39 is 0 Å². The maximum absolute atomic E-state index is 14.1. The fourth-order valence-electron chi connectivity index (χ4n) is 5.84. The average molecular weight is 564 g/mol. The zero-order valence-corrected chi connectivity index (χ0v) is 24.5. The van der Waals surface area contributed by atoms with Crippen LogP contribution < -0.4 is 0 Å². The first-order valence-electron chi connectivity index (χ1n) is 15.0. The van der Waals surface area contributed by atoms with E-state index in [1.54, 1.807) is 12.0 Å². The molecular formula is C36H41N3O3. The third-order valence-corrected chi connectivity index (χ3v) is 8.21. The summed E-state index contributed by atoms with van der Waals surface area (Å²) in [6.45, 7) is 2.03. The van der Waals surface area contributed by atoms with Crippen LogP contribution in [0, 0.1) is 0 Å². The van der Waals surface area contributed by atoms with Crippen LogP contribution >= 0.6 is 0 Å². The highest BCUT2D eigenvalue weighted by atomic mass is 16.5. The van der Waals surface area contributed by atoms with Gasteiger partial charge in [0.1, 0.15) is 6.54 Å². The summed E-state index contributed by atoms with van der Waals surface area (Å²) in [5.41, 5.74) is 5.04. The number of carbonyl (C=O) groups is 2. The average Bonchev–Trinajstić information content (AvgIpc) is 3.49. The summed E-state index contributed by atoms with van der Waals surface area (Å²) in [5.74, 6) is -0.171. The molecule has 0 spiro atoms. The Morgan fingerprint density at radius 1 is 0.810 bits per heavy atom. The summed E-state index contributed by atoms with van der Waals surface area (Å²) in [7, 11) is 1.62. The number of hydrogen-bond acceptors (Lipinski definition) is 3. The minimum Gasteiger partial charge on any atom is -0.383 e. The Balaban J connectivity index is 1.34. The van der Waals surface area contributed by atoms with E-state index in [-0.39, 0.29) is 24.4 Å². The normalized spacial score (nSPS) is 13.5. The molecule has 6 nitrogen and oxygen atoms in total. The SMILES string of the molecule is COCCN(CC(=O)N(Cc1cccn1Cc1ccccc1)C1CCCCC1)C(=O)c1ccc(-c2ccccc2)cc1. The van der Waals surface area contributed by atoms with Crippen LogP contribution in [-0.2, 0) is 22.6 Å². The van der Waals surface area contributed by atoms with E-state index in [0.29, 0.717) is 25.3 Å². The third kappa shape index (κ3) is 7.56. The van der Waals surface area contributed by atoms with Crippen molar-refractivity contribution in [3.63, 3.8) is 0 Å². The minimum absolute atomic E-state index is 0.0141. The smallest absolute Gasteiger partial charge is 0.254 e. The molecule has 1 fully saturated rings. The van der Waals surface area contributed by atoms with E-state index >= 15 is 0 Å². The number of amides is 2. The van der Waals surface area contributed by atoms with Gasteiger partial charge in [-0.1, -0.05) is 92.1 Å². The number of hydrogen-bond donors (Lipinski definition) is 0. The lowest BCUT2D eigenvalue weighted by molar-refractivity contribution is -0.135. The highest BCUT2D eigenvalue weighted by Gasteiger charge is 2.29. The molecule has 0 saturated heterocycles. The van der Waals surface area contributed by atoms with Crippen molar-refractivity contribution in [2.45, 2.75) is 51.2 Å². The fraction of sp³-hybridized carbons (Fsp3) is 0.333. The number of methoxy groups -OCH3 is 1. The molecule has 218 valence electrons. The summed E-state index contributed by atoms with van der Waals surface area (Å²) < 4.78 is 7.55. The lowest BCUT2D eigenvalue weighted by Crippen LogP contribution is -2.48. The molecule has 0 aliphatic heterocycles. The highest BCUT2D eigenvalue weighted by molar-refractivity contribution is 5.97. The molecule has 3 aromatic carbocycles. The Labute approximate surface area is 249 Å². The number of aromatic nitrogens is 1. The molecule has 1 aliphatic rings.